The van der Waals surface area contributed by atoms with Crippen LogP contribution in [-0.2, 0) is 4.79 Å². The van der Waals surface area contributed by atoms with Gasteiger partial charge in [-0.15, -0.1) is 0 Å². The number of aliphatic hydroxyl groups is 1. The molecule has 1 N–H and O–H groups in total. The van der Waals surface area contributed by atoms with Gasteiger partial charge in [-0.2, -0.15) is 0 Å². The maximum Gasteiger partial charge on any atom is 0.126 e. The minimum absolute atomic E-state index is 0.0986. The Labute approximate surface area is 74.0 Å². The van der Waals surface area contributed by atoms with Gasteiger partial charge in [-0.1, -0.05) is 20.8 Å². The number of carbonyl (C=O) groups excluding carboxylic acids is 1. The van der Waals surface area contributed by atoms with E-state index in [4.69, 9.17) is 0 Å². The molecule has 0 aromatic heterocycles. The summed E-state index contributed by atoms with van der Waals surface area (Å²) < 4.78 is 0. The van der Waals surface area contributed by atoms with Crippen LogP contribution in [-0.4, -0.2) is 17.5 Å². The molecule has 1 atom stereocenters. The number of hydrogen-bond acceptors (Lipinski definition) is 2. The van der Waals surface area contributed by atoms with Gasteiger partial charge in [0.2, 0.25) is 0 Å². The van der Waals surface area contributed by atoms with Gasteiger partial charge in [-0.25, -0.2) is 0 Å². The van der Waals surface area contributed by atoms with E-state index >= 15 is 0 Å². The molecule has 1 saturated carbocycles. The lowest BCUT2D eigenvalue weighted by atomic mass is 9.83. The summed E-state index contributed by atoms with van der Waals surface area (Å²) in [6.07, 6.45) is 3.22. The van der Waals surface area contributed by atoms with Crippen LogP contribution in [0.4, 0.5) is 0 Å². The van der Waals surface area contributed by atoms with Crippen LogP contribution in [0, 0.1) is 10.8 Å². The molecule has 0 aromatic carbocycles. The zero-order chi connectivity index (χ0) is 9.41. The summed E-state index contributed by atoms with van der Waals surface area (Å²) in [5.74, 6) is 0. The van der Waals surface area contributed by atoms with E-state index in [1.54, 1.807) is 0 Å². The molecule has 0 spiro atoms. The smallest absolute Gasteiger partial charge is 0.126 e. The SMILES string of the molecule is CC(C)(C)C(O)CC1(C=O)CC1. The summed E-state index contributed by atoms with van der Waals surface area (Å²) in [6, 6.07) is 0. The third kappa shape index (κ3) is 2.07. The number of rotatable bonds is 3. The summed E-state index contributed by atoms with van der Waals surface area (Å²) in [5, 5.41) is 9.73. The van der Waals surface area contributed by atoms with E-state index in [-0.39, 0.29) is 16.9 Å². The molecule has 12 heavy (non-hydrogen) atoms. The number of carbonyl (C=O) groups is 1. The molecule has 0 saturated heterocycles. The molecule has 1 aliphatic carbocycles. The van der Waals surface area contributed by atoms with Crippen LogP contribution in [0.15, 0.2) is 0 Å². The molecule has 2 nitrogen and oxygen atoms in total. The molecule has 1 rings (SSSR count). The maximum atomic E-state index is 10.6. The average Bonchev–Trinajstić information content (AvgIpc) is 2.67. The van der Waals surface area contributed by atoms with E-state index in [0.717, 1.165) is 19.1 Å². The Bertz CT molecular complexity index is 175. The van der Waals surface area contributed by atoms with Crippen molar-refractivity contribution in [2.45, 2.75) is 46.1 Å². The van der Waals surface area contributed by atoms with E-state index in [1.807, 2.05) is 20.8 Å². The Morgan fingerprint density at radius 2 is 2.00 bits per heavy atom. The zero-order valence-electron chi connectivity index (χ0n) is 8.13. The molecule has 70 valence electrons. The predicted molar refractivity (Wildman–Crippen MR) is 47.8 cm³/mol. The minimum Gasteiger partial charge on any atom is -0.393 e. The second-order valence-electron chi connectivity index (χ2n) is 5.07. The minimum atomic E-state index is -0.356. The lowest BCUT2D eigenvalue weighted by Crippen LogP contribution is -2.29. The lowest BCUT2D eigenvalue weighted by Gasteiger charge is -2.27. The molecular weight excluding hydrogens is 152 g/mol. The number of hydrogen-bond donors (Lipinski definition) is 1. The van der Waals surface area contributed by atoms with Crippen molar-refractivity contribution in [3.63, 3.8) is 0 Å². The van der Waals surface area contributed by atoms with Crippen LogP contribution in [0.3, 0.4) is 0 Å². The van der Waals surface area contributed by atoms with Gasteiger partial charge in [0.25, 0.3) is 0 Å². The standard InChI is InChI=1S/C10H18O2/c1-9(2,3)8(12)6-10(7-11)4-5-10/h7-8,12H,4-6H2,1-3H3. The van der Waals surface area contributed by atoms with Gasteiger partial charge < -0.3 is 9.90 Å². The molecule has 0 heterocycles. The van der Waals surface area contributed by atoms with Crippen LogP contribution >= 0.6 is 0 Å². The number of aliphatic hydroxyl groups excluding tert-OH is 1. The van der Waals surface area contributed by atoms with Crippen LogP contribution in [0.5, 0.6) is 0 Å². The van der Waals surface area contributed by atoms with Crippen molar-refractivity contribution >= 4 is 6.29 Å². The molecule has 1 aliphatic rings. The quantitative estimate of drug-likeness (QED) is 0.655. The van der Waals surface area contributed by atoms with Crippen molar-refractivity contribution in [1.29, 1.82) is 0 Å². The first-order valence-electron chi connectivity index (χ1n) is 4.54. The van der Waals surface area contributed by atoms with Crippen LogP contribution < -0.4 is 0 Å². The predicted octanol–water partition coefficient (Wildman–Crippen LogP) is 1.76. The van der Waals surface area contributed by atoms with Gasteiger partial charge in [0, 0.05) is 5.41 Å². The van der Waals surface area contributed by atoms with Crippen LogP contribution in [0.1, 0.15) is 40.0 Å². The molecule has 1 unspecified atom stereocenters. The summed E-state index contributed by atoms with van der Waals surface area (Å²) in [4.78, 5) is 10.6. The second kappa shape index (κ2) is 2.84. The largest absolute Gasteiger partial charge is 0.393 e. The van der Waals surface area contributed by atoms with Crippen molar-refractivity contribution in [3.8, 4) is 0 Å². The summed E-state index contributed by atoms with van der Waals surface area (Å²) in [6.45, 7) is 6.00. The maximum absolute atomic E-state index is 10.6. The molecule has 0 radical (unpaired) electrons. The first-order valence-corrected chi connectivity index (χ1v) is 4.54. The van der Waals surface area contributed by atoms with Gasteiger partial charge in [0.15, 0.2) is 0 Å². The zero-order valence-corrected chi connectivity index (χ0v) is 8.13. The Balaban J connectivity index is 2.46. The normalized spacial score (nSPS) is 23.3. The van der Waals surface area contributed by atoms with Gasteiger partial charge in [0.05, 0.1) is 6.10 Å². The third-order valence-electron chi connectivity index (χ3n) is 2.74. The van der Waals surface area contributed by atoms with E-state index in [9.17, 15) is 9.90 Å². The van der Waals surface area contributed by atoms with E-state index < -0.39 is 0 Å². The Morgan fingerprint density at radius 1 is 1.50 bits per heavy atom. The number of aldehydes is 1. The van der Waals surface area contributed by atoms with Crippen molar-refractivity contribution in [2.24, 2.45) is 10.8 Å². The first kappa shape index (κ1) is 9.72. The second-order valence-corrected chi connectivity index (χ2v) is 5.07. The fraction of sp³-hybridized carbons (Fsp3) is 0.900. The fourth-order valence-electron chi connectivity index (χ4n) is 1.22. The molecule has 0 aromatic rings. The van der Waals surface area contributed by atoms with Crippen LogP contribution in [0.25, 0.3) is 0 Å². The van der Waals surface area contributed by atoms with Crippen molar-refractivity contribution in [2.75, 3.05) is 0 Å². The Kier molecular flexibility index (Phi) is 2.30. The summed E-state index contributed by atoms with van der Waals surface area (Å²) in [7, 11) is 0. The highest BCUT2D eigenvalue weighted by molar-refractivity contribution is 5.63. The lowest BCUT2D eigenvalue weighted by molar-refractivity contribution is -0.113. The highest BCUT2D eigenvalue weighted by Crippen LogP contribution is 2.49. The summed E-state index contributed by atoms with van der Waals surface area (Å²) in [5.41, 5.74) is -0.259. The van der Waals surface area contributed by atoms with Gasteiger partial charge >= 0.3 is 0 Å². The first-order chi connectivity index (χ1) is 5.40. The topological polar surface area (TPSA) is 37.3 Å². The van der Waals surface area contributed by atoms with Gasteiger partial charge in [-0.3, -0.25) is 0 Å². The molecule has 0 bridgehead atoms. The Morgan fingerprint density at radius 3 is 2.25 bits per heavy atom. The van der Waals surface area contributed by atoms with Crippen molar-refractivity contribution in [3.05, 3.63) is 0 Å². The highest BCUT2D eigenvalue weighted by Gasteiger charge is 2.45. The third-order valence-corrected chi connectivity index (χ3v) is 2.74. The van der Waals surface area contributed by atoms with Crippen LogP contribution in [0.2, 0.25) is 0 Å². The van der Waals surface area contributed by atoms with Gasteiger partial charge in [0.1, 0.15) is 6.29 Å². The monoisotopic (exact) mass is 170 g/mol. The van der Waals surface area contributed by atoms with E-state index in [1.165, 1.54) is 0 Å². The molecule has 0 aliphatic heterocycles. The average molecular weight is 170 g/mol. The summed E-state index contributed by atoms with van der Waals surface area (Å²) >= 11 is 0. The van der Waals surface area contributed by atoms with Gasteiger partial charge in [-0.05, 0) is 24.7 Å². The molecule has 1 fully saturated rings. The molecule has 0 amide bonds. The fourth-order valence-corrected chi connectivity index (χ4v) is 1.22. The molecular formula is C10H18O2. The highest BCUT2D eigenvalue weighted by atomic mass is 16.3. The Hall–Kier alpha value is -0.370. The van der Waals surface area contributed by atoms with Crippen molar-refractivity contribution in [1.82, 2.24) is 0 Å². The van der Waals surface area contributed by atoms with Crippen molar-refractivity contribution < 1.29 is 9.90 Å². The molecule has 2 heteroatoms. The van der Waals surface area contributed by atoms with E-state index in [0.29, 0.717) is 6.42 Å². The van der Waals surface area contributed by atoms with E-state index in [2.05, 4.69) is 0 Å².